The van der Waals surface area contributed by atoms with E-state index in [4.69, 9.17) is 0 Å². The van der Waals surface area contributed by atoms with Crippen LogP contribution in [0.3, 0.4) is 0 Å². The number of benzene rings is 1. The summed E-state index contributed by atoms with van der Waals surface area (Å²) in [5, 5.41) is 13.2. The number of sulfone groups is 1. The van der Waals surface area contributed by atoms with E-state index in [1.165, 1.54) is 0 Å². The fourth-order valence-electron chi connectivity index (χ4n) is 4.35. The molecule has 1 aliphatic rings. The van der Waals surface area contributed by atoms with Crippen LogP contribution < -0.4 is 10.6 Å². The van der Waals surface area contributed by atoms with Gasteiger partial charge >= 0.3 is 0 Å². The molecule has 0 atom stereocenters. The molecule has 0 unspecified atom stereocenters. The first kappa shape index (κ1) is 26.7. The lowest BCUT2D eigenvalue weighted by atomic mass is 9.86. The molecule has 3 aromatic rings. The smallest absolute Gasteiger partial charge is 0.229 e. The van der Waals surface area contributed by atoms with Crippen LogP contribution in [-0.2, 0) is 9.84 Å². The molecule has 0 spiro atoms. The van der Waals surface area contributed by atoms with Gasteiger partial charge in [0.25, 0.3) is 0 Å². The van der Waals surface area contributed by atoms with Crippen molar-refractivity contribution in [2.24, 2.45) is 0 Å². The Morgan fingerprint density at radius 2 is 1.94 bits per heavy atom. The lowest BCUT2D eigenvalue weighted by Gasteiger charge is -2.32. The summed E-state index contributed by atoms with van der Waals surface area (Å²) < 4.78 is 39.6. The molecule has 12 heteroatoms. The normalized spacial score (nSPS) is 15.2. The number of nitrogens with one attached hydrogen (secondary N) is 3. The zero-order valence-corrected chi connectivity index (χ0v) is 23.6. The van der Waals surface area contributed by atoms with Crippen LogP contribution in [0, 0.1) is 23.2 Å². The van der Waals surface area contributed by atoms with Gasteiger partial charge in [0.2, 0.25) is 5.95 Å². The van der Waals surface area contributed by atoms with Crippen molar-refractivity contribution in [2.75, 3.05) is 41.8 Å². The van der Waals surface area contributed by atoms with Crippen molar-refractivity contribution in [1.82, 2.24) is 25.1 Å². The summed E-state index contributed by atoms with van der Waals surface area (Å²) in [5.74, 6) is 1.76. The molecule has 3 N–H and O–H groups in total. The van der Waals surface area contributed by atoms with Crippen LogP contribution in [0.5, 0.6) is 0 Å². The Kier molecular flexibility index (Phi) is 8.45. The number of hydrogen-bond donors (Lipinski definition) is 3. The number of nitrogens with zero attached hydrogens (tertiary/aromatic N) is 4. The zero-order chi connectivity index (χ0) is 25.9. The maximum absolute atomic E-state index is 15.1. The topological polar surface area (TPSA) is 116 Å². The minimum Gasteiger partial charge on any atom is -0.322 e. The Labute approximate surface area is 224 Å². The summed E-state index contributed by atoms with van der Waals surface area (Å²) in [5.41, 5.74) is 3.24. The number of H-pyrrole nitrogens is 1. The van der Waals surface area contributed by atoms with Gasteiger partial charge in [-0.1, -0.05) is 6.92 Å². The van der Waals surface area contributed by atoms with Crippen LogP contribution in [-0.4, -0.2) is 64.6 Å². The van der Waals surface area contributed by atoms with E-state index >= 15 is 4.39 Å². The van der Waals surface area contributed by atoms with Gasteiger partial charge in [0.05, 0.1) is 15.0 Å². The van der Waals surface area contributed by atoms with Crippen molar-refractivity contribution in [3.63, 3.8) is 0 Å². The standard InChI is InChI=1S/C24H31FIN7O2S/c1-4-36(34,35)10-9-33-7-5-17(6-8-33)18-13-19(25)21(11-15(18)2)28-24-27-14-20(26)23(30-24)29-22-12-16(3)31-32-22/h11-14,17H,4-10H2,1-3H3,(H3,27,28,29,30,31,32). The molecule has 2 aromatic heterocycles. The van der Waals surface area contributed by atoms with Gasteiger partial charge in [0.15, 0.2) is 21.5 Å². The first-order valence-electron chi connectivity index (χ1n) is 11.9. The van der Waals surface area contributed by atoms with Crippen molar-refractivity contribution in [2.45, 2.75) is 39.5 Å². The van der Waals surface area contributed by atoms with Crippen LogP contribution in [0.15, 0.2) is 24.4 Å². The van der Waals surface area contributed by atoms with Gasteiger partial charge in [-0.05, 0) is 91.5 Å². The van der Waals surface area contributed by atoms with Crippen LogP contribution in [0.2, 0.25) is 0 Å². The molecule has 3 heterocycles. The Bertz CT molecular complexity index is 1320. The Morgan fingerprint density at radius 3 is 2.61 bits per heavy atom. The summed E-state index contributed by atoms with van der Waals surface area (Å²) in [6.07, 6.45) is 3.42. The van der Waals surface area contributed by atoms with E-state index < -0.39 is 9.84 Å². The first-order chi connectivity index (χ1) is 17.1. The van der Waals surface area contributed by atoms with Gasteiger partial charge in [0, 0.05) is 30.3 Å². The molecule has 0 saturated carbocycles. The van der Waals surface area contributed by atoms with Gasteiger partial charge in [-0.3, -0.25) is 5.10 Å². The monoisotopic (exact) mass is 627 g/mol. The lowest BCUT2D eigenvalue weighted by Crippen LogP contribution is -2.36. The first-order valence-corrected chi connectivity index (χ1v) is 14.8. The molecular formula is C24H31FIN7O2S. The molecule has 4 rings (SSSR count). The number of rotatable bonds is 9. The molecule has 1 aromatic carbocycles. The number of anilines is 4. The molecular weight excluding hydrogens is 596 g/mol. The fraction of sp³-hybridized carbons (Fsp3) is 0.458. The quantitative estimate of drug-likeness (QED) is 0.294. The number of aromatic nitrogens is 4. The van der Waals surface area contributed by atoms with Crippen molar-refractivity contribution in [1.29, 1.82) is 0 Å². The van der Waals surface area contributed by atoms with Gasteiger partial charge < -0.3 is 15.5 Å². The summed E-state index contributed by atoms with van der Waals surface area (Å²) in [6.45, 7) is 7.77. The van der Waals surface area contributed by atoms with E-state index in [0.29, 0.717) is 23.9 Å². The lowest BCUT2D eigenvalue weighted by molar-refractivity contribution is 0.223. The predicted molar refractivity (Wildman–Crippen MR) is 149 cm³/mol. The Morgan fingerprint density at radius 1 is 1.19 bits per heavy atom. The molecule has 0 aliphatic carbocycles. The predicted octanol–water partition coefficient (Wildman–Crippen LogP) is 4.66. The number of likely N-dealkylation sites (tertiary alicyclic amines) is 1. The number of hydrogen-bond acceptors (Lipinski definition) is 8. The third-order valence-electron chi connectivity index (χ3n) is 6.48. The molecule has 0 radical (unpaired) electrons. The van der Waals surface area contributed by atoms with E-state index in [1.54, 1.807) is 25.3 Å². The van der Waals surface area contributed by atoms with Gasteiger partial charge in [-0.15, -0.1) is 0 Å². The van der Waals surface area contributed by atoms with E-state index in [2.05, 4.69) is 58.3 Å². The van der Waals surface area contributed by atoms with Gasteiger partial charge in [-0.2, -0.15) is 10.1 Å². The van der Waals surface area contributed by atoms with Gasteiger partial charge in [0.1, 0.15) is 5.82 Å². The minimum atomic E-state index is -2.97. The second-order valence-corrected chi connectivity index (χ2v) is 12.8. The van der Waals surface area contributed by atoms with E-state index in [-0.39, 0.29) is 29.2 Å². The van der Waals surface area contributed by atoms with E-state index in [9.17, 15) is 8.42 Å². The van der Waals surface area contributed by atoms with Crippen LogP contribution in [0.1, 0.15) is 42.5 Å². The molecule has 0 amide bonds. The largest absolute Gasteiger partial charge is 0.322 e. The molecule has 9 nitrogen and oxygen atoms in total. The highest BCUT2D eigenvalue weighted by Gasteiger charge is 2.24. The molecule has 1 fully saturated rings. The fourth-order valence-corrected chi connectivity index (χ4v) is 5.57. The highest BCUT2D eigenvalue weighted by molar-refractivity contribution is 14.1. The Balaban J connectivity index is 1.42. The summed E-state index contributed by atoms with van der Waals surface area (Å²) in [4.78, 5) is 11.0. The SMILES string of the molecule is CCS(=O)(=O)CCN1CCC(c2cc(F)c(Nc3ncc(I)c(Nc4cc(C)[nH]n4)n3)cc2C)CC1. The third kappa shape index (κ3) is 6.71. The van der Waals surface area contributed by atoms with E-state index in [1.807, 2.05) is 19.9 Å². The maximum atomic E-state index is 15.1. The third-order valence-corrected chi connectivity index (χ3v) is 8.96. The van der Waals surface area contributed by atoms with E-state index in [0.717, 1.165) is 46.3 Å². The van der Waals surface area contributed by atoms with Crippen molar-refractivity contribution < 1.29 is 12.8 Å². The number of aryl methyl sites for hydroxylation is 2. The van der Waals surface area contributed by atoms with Crippen LogP contribution in [0.4, 0.5) is 27.7 Å². The molecule has 1 saturated heterocycles. The molecule has 1 aliphatic heterocycles. The second kappa shape index (κ2) is 11.4. The Hall–Kier alpha value is -2.32. The minimum absolute atomic E-state index is 0.178. The number of aromatic amines is 1. The van der Waals surface area contributed by atoms with Crippen molar-refractivity contribution in [3.05, 3.63) is 50.6 Å². The number of halogens is 2. The molecule has 194 valence electrons. The summed E-state index contributed by atoms with van der Waals surface area (Å²) >= 11 is 2.13. The molecule has 36 heavy (non-hydrogen) atoms. The van der Waals surface area contributed by atoms with Crippen molar-refractivity contribution in [3.8, 4) is 0 Å². The highest BCUT2D eigenvalue weighted by atomic mass is 127. The van der Waals surface area contributed by atoms with Crippen LogP contribution in [0.25, 0.3) is 0 Å². The average Bonchev–Trinajstić information content (AvgIpc) is 3.27. The van der Waals surface area contributed by atoms with Gasteiger partial charge in [-0.25, -0.2) is 17.8 Å². The second-order valence-electron chi connectivity index (χ2n) is 9.12. The molecule has 0 bridgehead atoms. The van der Waals surface area contributed by atoms with Crippen molar-refractivity contribution >= 4 is 55.7 Å². The maximum Gasteiger partial charge on any atom is 0.229 e. The summed E-state index contributed by atoms with van der Waals surface area (Å²) in [7, 11) is -2.97. The number of piperidine rings is 1. The highest BCUT2D eigenvalue weighted by Crippen LogP contribution is 2.33. The summed E-state index contributed by atoms with van der Waals surface area (Å²) in [6, 6.07) is 5.28. The average molecular weight is 628 g/mol. The van der Waals surface area contributed by atoms with Crippen LogP contribution >= 0.6 is 22.6 Å². The zero-order valence-electron chi connectivity index (χ0n) is 20.6.